The number of aromatic nitrogens is 3. The molecule has 4 nitrogen and oxygen atoms in total. The Morgan fingerprint density at radius 1 is 1.06 bits per heavy atom. The standard InChI is InChI=1S/C13H11N3O/c17-12-7-6-11-13(15-16-14-11)10(12)8-9-4-2-1-3-5-9/h1-7,17H,8H2,(H,14,15,16). The molecular weight excluding hydrogens is 214 g/mol. The molecule has 0 aliphatic carbocycles. The molecule has 0 amide bonds. The number of aromatic amines is 1. The van der Waals surface area contributed by atoms with Crippen LogP contribution in [0, 0.1) is 0 Å². The van der Waals surface area contributed by atoms with Crippen LogP contribution >= 0.6 is 0 Å². The molecule has 0 atom stereocenters. The number of fused-ring (bicyclic) bond motifs is 1. The van der Waals surface area contributed by atoms with Crippen LogP contribution in [0.4, 0.5) is 0 Å². The van der Waals surface area contributed by atoms with E-state index in [1.165, 1.54) is 0 Å². The van der Waals surface area contributed by atoms with Crippen LogP contribution in [0.2, 0.25) is 0 Å². The third-order valence-corrected chi connectivity index (χ3v) is 2.80. The largest absolute Gasteiger partial charge is 0.508 e. The van der Waals surface area contributed by atoms with Crippen molar-refractivity contribution in [1.82, 2.24) is 15.4 Å². The molecule has 0 saturated carbocycles. The SMILES string of the molecule is Oc1ccc2[nH]nnc2c1Cc1ccccc1. The number of H-pyrrole nitrogens is 1. The zero-order valence-electron chi connectivity index (χ0n) is 9.09. The number of benzene rings is 2. The highest BCUT2D eigenvalue weighted by atomic mass is 16.3. The molecule has 0 saturated heterocycles. The van der Waals surface area contributed by atoms with Gasteiger partial charge in [0, 0.05) is 12.0 Å². The number of phenols is 1. The highest BCUT2D eigenvalue weighted by Crippen LogP contribution is 2.26. The lowest BCUT2D eigenvalue weighted by Gasteiger charge is -2.05. The van der Waals surface area contributed by atoms with E-state index in [1.54, 1.807) is 12.1 Å². The minimum Gasteiger partial charge on any atom is -0.508 e. The predicted molar refractivity (Wildman–Crippen MR) is 64.8 cm³/mol. The number of aromatic hydroxyl groups is 1. The van der Waals surface area contributed by atoms with E-state index in [0.29, 0.717) is 6.42 Å². The second-order valence-corrected chi connectivity index (χ2v) is 3.93. The summed E-state index contributed by atoms with van der Waals surface area (Å²) in [5.74, 6) is 0.259. The van der Waals surface area contributed by atoms with Crippen molar-refractivity contribution in [3.05, 3.63) is 53.6 Å². The second-order valence-electron chi connectivity index (χ2n) is 3.93. The molecule has 0 bridgehead atoms. The molecule has 1 aromatic heterocycles. The van der Waals surface area contributed by atoms with Crippen molar-refractivity contribution in [2.24, 2.45) is 0 Å². The van der Waals surface area contributed by atoms with Gasteiger partial charge in [-0.15, -0.1) is 5.10 Å². The van der Waals surface area contributed by atoms with Crippen molar-refractivity contribution in [3.63, 3.8) is 0 Å². The zero-order valence-corrected chi connectivity index (χ0v) is 9.09. The average molecular weight is 225 g/mol. The summed E-state index contributed by atoms with van der Waals surface area (Å²) in [5, 5.41) is 20.5. The Bertz CT molecular complexity index is 646. The summed E-state index contributed by atoms with van der Waals surface area (Å²) in [6.45, 7) is 0. The number of rotatable bonds is 2. The summed E-state index contributed by atoms with van der Waals surface area (Å²) >= 11 is 0. The van der Waals surface area contributed by atoms with E-state index in [9.17, 15) is 5.11 Å². The Balaban J connectivity index is 2.10. The van der Waals surface area contributed by atoms with Gasteiger partial charge in [-0.05, 0) is 17.7 Å². The Morgan fingerprint density at radius 2 is 1.88 bits per heavy atom. The number of nitrogens with zero attached hydrogens (tertiary/aromatic N) is 2. The Hall–Kier alpha value is -2.36. The van der Waals surface area contributed by atoms with E-state index in [2.05, 4.69) is 15.4 Å². The topological polar surface area (TPSA) is 61.8 Å². The van der Waals surface area contributed by atoms with Crippen LogP contribution in [0.5, 0.6) is 5.75 Å². The van der Waals surface area contributed by atoms with Crippen molar-refractivity contribution in [3.8, 4) is 5.75 Å². The number of hydrogen-bond acceptors (Lipinski definition) is 3. The Morgan fingerprint density at radius 3 is 2.71 bits per heavy atom. The zero-order chi connectivity index (χ0) is 11.7. The van der Waals surface area contributed by atoms with Gasteiger partial charge < -0.3 is 5.11 Å². The van der Waals surface area contributed by atoms with E-state index in [-0.39, 0.29) is 5.75 Å². The van der Waals surface area contributed by atoms with Gasteiger partial charge in [0.25, 0.3) is 0 Å². The maximum atomic E-state index is 9.91. The van der Waals surface area contributed by atoms with Gasteiger partial charge in [0.05, 0.1) is 5.52 Å². The first-order valence-corrected chi connectivity index (χ1v) is 5.40. The van der Waals surface area contributed by atoms with Crippen LogP contribution in [-0.4, -0.2) is 20.5 Å². The lowest BCUT2D eigenvalue weighted by molar-refractivity contribution is 0.470. The molecule has 3 rings (SSSR count). The number of nitrogens with one attached hydrogen (secondary N) is 1. The molecule has 0 spiro atoms. The third-order valence-electron chi connectivity index (χ3n) is 2.80. The number of phenolic OH excluding ortho intramolecular Hbond substituents is 1. The van der Waals surface area contributed by atoms with Crippen molar-refractivity contribution in [2.75, 3.05) is 0 Å². The van der Waals surface area contributed by atoms with Gasteiger partial charge in [-0.2, -0.15) is 0 Å². The van der Waals surface area contributed by atoms with Crippen molar-refractivity contribution in [2.45, 2.75) is 6.42 Å². The first kappa shape index (κ1) is 9.84. The van der Waals surface area contributed by atoms with Crippen molar-refractivity contribution >= 4 is 11.0 Å². The Kier molecular flexibility index (Phi) is 2.26. The van der Waals surface area contributed by atoms with Gasteiger partial charge in [0.2, 0.25) is 0 Å². The van der Waals surface area contributed by atoms with Gasteiger partial charge in [-0.3, -0.25) is 5.10 Å². The van der Waals surface area contributed by atoms with Crippen molar-refractivity contribution < 1.29 is 5.11 Å². The van der Waals surface area contributed by atoms with Gasteiger partial charge in [-0.1, -0.05) is 35.5 Å². The van der Waals surface area contributed by atoms with Gasteiger partial charge in [0.15, 0.2) is 0 Å². The average Bonchev–Trinajstić information content (AvgIpc) is 2.83. The molecule has 1 heterocycles. The van der Waals surface area contributed by atoms with E-state index in [1.807, 2.05) is 30.3 Å². The summed E-state index contributed by atoms with van der Waals surface area (Å²) < 4.78 is 0. The van der Waals surface area contributed by atoms with Crippen LogP contribution in [0.15, 0.2) is 42.5 Å². The molecule has 0 aliphatic heterocycles. The fourth-order valence-electron chi connectivity index (χ4n) is 1.93. The first-order chi connectivity index (χ1) is 8.34. The van der Waals surface area contributed by atoms with Crippen LogP contribution in [0.1, 0.15) is 11.1 Å². The fourth-order valence-corrected chi connectivity index (χ4v) is 1.93. The summed E-state index contributed by atoms with van der Waals surface area (Å²) in [4.78, 5) is 0. The lowest BCUT2D eigenvalue weighted by Crippen LogP contribution is -1.90. The second kappa shape index (κ2) is 3.90. The van der Waals surface area contributed by atoms with Gasteiger partial charge >= 0.3 is 0 Å². The molecule has 0 radical (unpaired) electrons. The third kappa shape index (κ3) is 1.73. The van der Waals surface area contributed by atoms with Gasteiger partial charge in [-0.25, -0.2) is 0 Å². The monoisotopic (exact) mass is 225 g/mol. The highest BCUT2D eigenvalue weighted by Gasteiger charge is 2.10. The smallest absolute Gasteiger partial charge is 0.121 e. The minimum absolute atomic E-state index is 0.259. The highest BCUT2D eigenvalue weighted by molar-refractivity contribution is 5.80. The van der Waals surface area contributed by atoms with Crippen molar-refractivity contribution in [1.29, 1.82) is 0 Å². The molecule has 2 N–H and O–H groups in total. The summed E-state index contributed by atoms with van der Waals surface area (Å²) in [5.41, 5.74) is 3.52. The maximum absolute atomic E-state index is 9.91. The van der Waals surface area contributed by atoms with E-state index in [4.69, 9.17) is 0 Å². The molecular formula is C13H11N3O. The van der Waals surface area contributed by atoms with E-state index < -0.39 is 0 Å². The number of hydrogen-bond donors (Lipinski definition) is 2. The van der Waals surface area contributed by atoms with Crippen LogP contribution in [0.3, 0.4) is 0 Å². The molecule has 0 fully saturated rings. The van der Waals surface area contributed by atoms with Gasteiger partial charge in [0.1, 0.15) is 11.3 Å². The minimum atomic E-state index is 0.259. The maximum Gasteiger partial charge on any atom is 0.121 e. The quantitative estimate of drug-likeness (QED) is 0.703. The fraction of sp³-hybridized carbons (Fsp3) is 0.0769. The molecule has 3 aromatic rings. The summed E-state index contributed by atoms with van der Waals surface area (Å²) in [6, 6.07) is 13.4. The summed E-state index contributed by atoms with van der Waals surface area (Å²) in [7, 11) is 0. The Labute approximate surface area is 97.9 Å². The predicted octanol–water partition coefficient (Wildman–Crippen LogP) is 2.25. The van der Waals surface area contributed by atoms with E-state index in [0.717, 1.165) is 22.2 Å². The lowest BCUT2D eigenvalue weighted by atomic mass is 10.0. The molecule has 4 heteroatoms. The summed E-state index contributed by atoms with van der Waals surface area (Å²) in [6.07, 6.45) is 0.649. The molecule has 17 heavy (non-hydrogen) atoms. The van der Waals surface area contributed by atoms with Crippen LogP contribution in [0.25, 0.3) is 11.0 Å². The molecule has 2 aromatic carbocycles. The van der Waals surface area contributed by atoms with Crippen LogP contribution in [-0.2, 0) is 6.42 Å². The molecule has 0 unspecified atom stereocenters. The van der Waals surface area contributed by atoms with E-state index >= 15 is 0 Å². The first-order valence-electron chi connectivity index (χ1n) is 5.40. The normalized spacial score (nSPS) is 10.8. The molecule has 0 aliphatic rings. The van der Waals surface area contributed by atoms with Crippen LogP contribution < -0.4 is 0 Å². The molecule has 84 valence electrons.